The highest BCUT2D eigenvalue weighted by atomic mass is 19.4. The molecule has 1 fully saturated rings. The molecule has 264 valence electrons. The van der Waals surface area contributed by atoms with Crippen molar-refractivity contribution in [1.82, 2.24) is 30.1 Å². The third-order valence-corrected chi connectivity index (χ3v) is 8.55. The molecule has 0 aliphatic carbocycles. The number of nitrogens with one attached hydrogen (secondary N) is 2. The third-order valence-electron chi connectivity index (χ3n) is 8.55. The number of nitrogens with zero attached hydrogens (tertiary/aromatic N) is 4. The molecule has 4 bridgehead atoms. The monoisotopic (exact) mass is 696 g/mol. The number of piperidine rings is 1. The van der Waals surface area contributed by atoms with Gasteiger partial charge in [-0.2, -0.15) is 18.3 Å². The van der Waals surface area contributed by atoms with Crippen molar-refractivity contribution < 1.29 is 46.5 Å². The molecule has 2 aromatic heterocycles. The van der Waals surface area contributed by atoms with Crippen molar-refractivity contribution in [2.75, 3.05) is 33.9 Å². The highest BCUT2D eigenvalue weighted by Gasteiger charge is 2.38. The standard InChI is InChI=1S/C34H35F3N6O7/c1-19-12-29(34(35,36)37)43-32(40-19)23(16-39-43)33(46)42-11-10-25-24(17-42)41-31(45)18-49-28-13-20(4-8-26(28)47-2)5-9-30(44)38-15-21-6-7-22(50-25)14-27(21)48-3/h4,6-8,12-14,16,24-25H,5,9-11,15,17-18H2,1-3H3,(H,38,44)(H,41,45)/t24-,25+/m1/s1. The number of likely N-dealkylation sites (tertiary alicyclic amines) is 1. The predicted molar refractivity (Wildman–Crippen MR) is 171 cm³/mol. The van der Waals surface area contributed by atoms with Crippen LogP contribution in [-0.4, -0.2) is 83.3 Å². The zero-order chi connectivity index (χ0) is 35.6. The van der Waals surface area contributed by atoms with Crippen molar-refractivity contribution in [2.45, 2.75) is 51.1 Å². The predicted octanol–water partition coefficient (Wildman–Crippen LogP) is 3.49. The fraction of sp³-hybridized carbons (Fsp3) is 0.382. The van der Waals surface area contributed by atoms with E-state index in [4.69, 9.17) is 18.9 Å². The van der Waals surface area contributed by atoms with Crippen molar-refractivity contribution in [1.29, 1.82) is 0 Å². The Morgan fingerprint density at radius 3 is 2.58 bits per heavy atom. The molecule has 2 N–H and O–H groups in total. The van der Waals surface area contributed by atoms with Gasteiger partial charge in [0.2, 0.25) is 5.91 Å². The molecule has 3 aliphatic rings. The summed E-state index contributed by atoms with van der Waals surface area (Å²) in [7, 11) is 2.97. The maximum absolute atomic E-state index is 13.8. The smallest absolute Gasteiger partial charge is 0.433 e. The number of carbonyl (C=O) groups is 3. The van der Waals surface area contributed by atoms with Crippen LogP contribution in [0.15, 0.2) is 48.7 Å². The Morgan fingerprint density at radius 1 is 1.02 bits per heavy atom. The minimum atomic E-state index is -4.72. The summed E-state index contributed by atoms with van der Waals surface area (Å²) < 4.78 is 65.0. The second kappa shape index (κ2) is 14.1. The van der Waals surface area contributed by atoms with Crippen molar-refractivity contribution in [3.05, 3.63) is 76.7 Å². The number of hydrogen-bond donors (Lipinski definition) is 2. The quantitative estimate of drug-likeness (QED) is 0.329. The van der Waals surface area contributed by atoms with E-state index in [0.29, 0.717) is 33.9 Å². The number of carbonyl (C=O) groups excluding carboxylic acids is 3. The van der Waals surface area contributed by atoms with Gasteiger partial charge in [-0.3, -0.25) is 14.4 Å². The van der Waals surface area contributed by atoms with Gasteiger partial charge in [0.05, 0.1) is 26.5 Å². The Balaban J connectivity index is 1.29. The summed E-state index contributed by atoms with van der Waals surface area (Å²) in [5.41, 5.74) is 0.211. The second-order valence-corrected chi connectivity index (χ2v) is 12.0. The van der Waals surface area contributed by atoms with Gasteiger partial charge in [-0.25, -0.2) is 9.50 Å². The number of benzene rings is 2. The lowest BCUT2D eigenvalue weighted by molar-refractivity contribution is -0.142. The van der Waals surface area contributed by atoms with E-state index >= 15 is 0 Å². The van der Waals surface area contributed by atoms with Gasteiger partial charge in [-0.1, -0.05) is 6.07 Å². The summed E-state index contributed by atoms with van der Waals surface area (Å²) >= 11 is 0. The molecule has 13 nitrogen and oxygen atoms in total. The number of alkyl halides is 3. The summed E-state index contributed by atoms with van der Waals surface area (Å²) in [5.74, 6) is 0.339. The number of halogens is 3. The van der Waals surface area contributed by atoms with E-state index < -0.39 is 42.4 Å². The molecular weight excluding hydrogens is 661 g/mol. The van der Waals surface area contributed by atoms with Gasteiger partial charge < -0.3 is 34.5 Å². The van der Waals surface area contributed by atoms with Crippen molar-refractivity contribution in [2.24, 2.45) is 0 Å². The first kappa shape index (κ1) is 34.3. The van der Waals surface area contributed by atoms with E-state index in [1.165, 1.54) is 26.0 Å². The van der Waals surface area contributed by atoms with Crippen LogP contribution in [0.25, 0.3) is 5.65 Å². The number of ether oxygens (including phenoxy) is 4. The molecule has 3 aliphatic heterocycles. The SMILES string of the molecule is COc1cc2ccc1CNC(=O)CCc1ccc(OC)c(c1)OCC(=O)N[C@@H]1CN(C(=O)c3cnn4c(C(F)(F)F)cc(C)nc34)CC[C@@H]1O2. The van der Waals surface area contributed by atoms with Crippen LogP contribution < -0.4 is 29.6 Å². The molecule has 16 heteroatoms. The molecule has 2 atom stereocenters. The Morgan fingerprint density at radius 2 is 1.82 bits per heavy atom. The number of aryl methyl sites for hydroxylation is 2. The molecule has 0 spiro atoms. The first-order valence-corrected chi connectivity index (χ1v) is 15.8. The van der Waals surface area contributed by atoms with Crippen LogP contribution in [0.3, 0.4) is 0 Å². The normalized spacial score (nSPS) is 18.8. The minimum Gasteiger partial charge on any atom is -0.496 e. The zero-order valence-electron chi connectivity index (χ0n) is 27.5. The lowest BCUT2D eigenvalue weighted by Crippen LogP contribution is -2.58. The lowest BCUT2D eigenvalue weighted by atomic mass is 10.0. The molecule has 0 radical (unpaired) electrons. The highest BCUT2D eigenvalue weighted by Crippen LogP contribution is 2.32. The van der Waals surface area contributed by atoms with Crippen LogP contribution in [0.1, 0.15) is 45.7 Å². The number of methoxy groups -OCH3 is 2. The van der Waals surface area contributed by atoms with Crippen LogP contribution in [-0.2, 0) is 28.7 Å². The van der Waals surface area contributed by atoms with Crippen molar-refractivity contribution >= 4 is 23.4 Å². The molecule has 3 amide bonds. The Kier molecular flexibility index (Phi) is 9.70. The maximum Gasteiger partial charge on any atom is 0.433 e. The Labute approximate surface area is 284 Å². The number of hydrogen-bond acceptors (Lipinski definition) is 9. The van der Waals surface area contributed by atoms with E-state index in [1.807, 2.05) is 6.07 Å². The van der Waals surface area contributed by atoms with E-state index in [1.54, 1.807) is 30.3 Å². The maximum atomic E-state index is 13.8. The van der Waals surface area contributed by atoms with E-state index in [-0.39, 0.29) is 55.3 Å². The number of fused-ring (bicyclic) bond motifs is 10. The Bertz CT molecular complexity index is 1930. The minimum absolute atomic E-state index is 0.0371. The van der Waals surface area contributed by atoms with Gasteiger partial charge >= 0.3 is 6.18 Å². The van der Waals surface area contributed by atoms with Gasteiger partial charge in [-0.05, 0) is 49.2 Å². The van der Waals surface area contributed by atoms with Gasteiger partial charge in [-0.15, -0.1) is 0 Å². The molecule has 50 heavy (non-hydrogen) atoms. The van der Waals surface area contributed by atoms with E-state index in [2.05, 4.69) is 20.7 Å². The lowest BCUT2D eigenvalue weighted by Gasteiger charge is -2.38. The topological polar surface area (TPSA) is 146 Å². The average Bonchev–Trinajstić information content (AvgIpc) is 3.51. The van der Waals surface area contributed by atoms with Gasteiger partial charge in [0.1, 0.15) is 28.9 Å². The molecular formula is C34H35F3N6O7. The second-order valence-electron chi connectivity index (χ2n) is 12.0. The summed E-state index contributed by atoms with van der Waals surface area (Å²) in [6.45, 7) is 1.35. The molecule has 0 unspecified atom stereocenters. The van der Waals surface area contributed by atoms with Crippen molar-refractivity contribution in [3.8, 4) is 23.0 Å². The molecule has 0 saturated carbocycles. The van der Waals surface area contributed by atoms with Crippen LogP contribution >= 0.6 is 0 Å². The third kappa shape index (κ3) is 7.38. The van der Waals surface area contributed by atoms with E-state index in [0.717, 1.165) is 23.4 Å². The first-order chi connectivity index (χ1) is 23.9. The summed E-state index contributed by atoms with van der Waals surface area (Å²) in [6.07, 6.45) is -3.40. The van der Waals surface area contributed by atoms with Gasteiger partial charge in [0.25, 0.3) is 11.8 Å². The average molecular weight is 697 g/mol. The number of rotatable bonds is 3. The zero-order valence-corrected chi connectivity index (χ0v) is 27.5. The van der Waals surface area contributed by atoms with E-state index in [9.17, 15) is 27.6 Å². The largest absolute Gasteiger partial charge is 0.496 e. The fourth-order valence-electron chi connectivity index (χ4n) is 6.04. The highest BCUT2D eigenvalue weighted by molar-refractivity contribution is 5.99. The summed E-state index contributed by atoms with van der Waals surface area (Å²) in [5, 5.41) is 9.66. The first-order valence-electron chi connectivity index (χ1n) is 15.8. The molecule has 7 rings (SSSR count). The fourth-order valence-corrected chi connectivity index (χ4v) is 6.04. The number of amides is 3. The molecule has 1 saturated heterocycles. The molecule has 5 heterocycles. The molecule has 4 aromatic rings. The van der Waals surface area contributed by atoms with Crippen LogP contribution in [0.4, 0.5) is 13.2 Å². The Hall–Kier alpha value is -5.54. The summed E-state index contributed by atoms with van der Waals surface area (Å²) in [6, 6.07) is 10.5. The van der Waals surface area contributed by atoms with Gasteiger partial charge in [0.15, 0.2) is 23.8 Å². The van der Waals surface area contributed by atoms with Crippen molar-refractivity contribution in [3.63, 3.8) is 0 Å². The van der Waals surface area contributed by atoms with Gasteiger partial charge in [0, 0.05) is 49.8 Å². The van der Waals surface area contributed by atoms with Crippen LogP contribution in [0, 0.1) is 6.92 Å². The van der Waals surface area contributed by atoms with Crippen LogP contribution in [0.2, 0.25) is 0 Å². The molecule has 2 aromatic carbocycles. The number of aromatic nitrogens is 3. The summed E-state index contributed by atoms with van der Waals surface area (Å²) in [4.78, 5) is 45.4. The van der Waals surface area contributed by atoms with Crippen LogP contribution in [0.5, 0.6) is 23.0 Å².